The topological polar surface area (TPSA) is 63.3 Å². The standard InChI is InChI=1S/C11H12FNO2/c1-6-3-7(2)8(9(12)4-6)5-10(13)11(14)15/h3-5H,13H2,1-2H3,(H,14,15)/b10-5+. The summed E-state index contributed by atoms with van der Waals surface area (Å²) in [4.78, 5) is 10.5. The first-order valence-electron chi connectivity index (χ1n) is 4.39. The Morgan fingerprint density at radius 1 is 1.47 bits per heavy atom. The van der Waals surface area contributed by atoms with Crippen molar-refractivity contribution in [2.24, 2.45) is 5.73 Å². The molecule has 80 valence electrons. The molecule has 0 saturated carbocycles. The summed E-state index contributed by atoms with van der Waals surface area (Å²) in [5.74, 6) is -1.72. The highest BCUT2D eigenvalue weighted by Crippen LogP contribution is 2.17. The van der Waals surface area contributed by atoms with E-state index in [2.05, 4.69) is 0 Å². The lowest BCUT2D eigenvalue weighted by Crippen LogP contribution is -2.09. The van der Waals surface area contributed by atoms with Gasteiger partial charge in [-0.3, -0.25) is 0 Å². The summed E-state index contributed by atoms with van der Waals surface area (Å²) in [5, 5.41) is 8.56. The van der Waals surface area contributed by atoms with E-state index in [0.717, 1.165) is 11.6 Å². The number of hydrogen-bond acceptors (Lipinski definition) is 2. The Labute approximate surface area is 87.0 Å². The summed E-state index contributed by atoms with van der Waals surface area (Å²) < 4.78 is 13.4. The van der Waals surface area contributed by atoms with Crippen LogP contribution in [0.4, 0.5) is 4.39 Å². The average molecular weight is 209 g/mol. The number of carbonyl (C=O) groups is 1. The summed E-state index contributed by atoms with van der Waals surface area (Å²) in [6.45, 7) is 3.47. The Bertz CT molecular complexity index is 415. The molecule has 0 atom stereocenters. The summed E-state index contributed by atoms with van der Waals surface area (Å²) >= 11 is 0. The van der Waals surface area contributed by atoms with Crippen molar-refractivity contribution in [2.75, 3.05) is 0 Å². The molecule has 1 aromatic rings. The lowest BCUT2D eigenvalue weighted by molar-refractivity contribution is -0.132. The molecule has 0 bridgehead atoms. The van der Waals surface area contributed by atoms with Crippen LogP contribution in [0.2, 0.25) is 0 Å². The van der Waals surface area contributed by atoms with Gasteiger partial charge in [0.05, 0.1) is 0 Å². The van der Waals surface area contributed by atoms with Gasteiger partial charge in [-0.2, -0.15) is 0 Å². The number of hydrogen-bond donors (Lipinski definition) is 2. The van der Waals surface area contributed by atoms with Crippen LogP contribution in [-0.2, 0) is 4.79 Å². The number of aliphatic carboxylic acids is 1. The van der Waals surface area contributed by atoms with Gasteiger partial charge in [-0.05, 0) is 37.1 Å². The highest BCUT2D eigenvalue weighted by atomic mass is 19.1. The van der Waals surface area contributed by atoms with Crippen molar-refractivity contribution in [3.63, 3.8) is 0 Å². The van der Waals surface area contributed by atoms with Crippen LogP contribution in [0.1, 0.15) is 16.7 Å². The molecule has 1 aromatic carbocycles. The van der Waals surface area contributed by atoms with Crippen molar-refractivity contribution < 1.29 is 14.3 Å². The van der Waals surface area contributed by atoms with Crippen molar-refractivity contribution >= 4 is 12.0 Å². The number of carboxylic acids is 1. The Kier molecular flexibility index (Phi) is 3.09. The number of nitrogens with two attached hydrogens (primary N) is 1. The zero-order chi connectivity index (χ0) is 11.6. The van der Waals surface area contributed by atoms with Crippen molar-refractivity contribution in [2.45, 2.75) is 13.8 Å². The molecule has 3 nitrogen and oxygen atoms in total. The predicted octanol–water partition coefficient (Wildman–Crippen LogP) is 1.83. The summed E-state index contributed by atoms with van der Waals surface area (Å²) in [6, 6.07) is 3.11. The zero-order valence-electron chi connectivity index (χ0n) is 8.54. The predicted molar refractivity (Wildman–Crippen MR) is 55.7 cm³/mol. The molecule has 0 aliphatic rings. The fourth-order valence-corrected chi connectivity index (χ4v) is 1.33. The molecule has 0 heterocycles. The lowest BCUT2D eigenvalue weighted by Gasteiger charge is -2.04. The third-order valence-corrected chi connectivity index (χ3v) is 2.03. The van der Waals surface area contributed by atoms with Crippen LogP contribution >= 0.6 is 0 Å². The Balaban J connectivity index is 3.27. The van der Waals surface area contributed by atoms with Crippen molar-refractivity contribution in [3.05, 3.63) is 40.3 Å². The first-order chi connectivity index (χ1) is 6.91. The van der Waals surface area contributed by atoms with E-state index >= 15 is 0 Å². The first kappa shape index (κ1) is 11.2. The SMILES string of the molecule is Cc1cc(C)c(/C=C(/N)C(=O)O)c(F)c1. The van der Waals surface area contributed by atoms with E-state index in [1.165, 1.54) is 6.07 Å². The van der Waals surface area contributed by atoms with Crippen LogP contribution in [0.5, 0.6) is 0 Å². The van der Waals surface area contributed by atoms with Crippen LogP contribution in [0.15, 0.2) is 17.8 Å². The minimum atomic E-state index is -1.26. The minimum absolute atomic E-state index is 0.223. The Morgan fingerprint density at radius 3 is 2.53 bits per heavy atom. The maximum atomic E-state index is 13.4. The van der Waals surface area contributed by atoms with Gasteiger partial charge < -0.3 is 10.8 Å². The van der Waals surface area contributed by atoms with Crippen LogP contribution < -0.4 is 5.73 Å². The molecule has 0 aliphatic carbocycles. The van der Waals surface area contributed by atoms with E-state index in [0.29, 0.717) is 5.56 Å². The molecule has 0 spiro atoms. The molecule has 3 N–H and O–H groups in total. The molecule has 15 heavy (non-hydrogen) atoms. The fraction of sp³-hybridized carbons (Fsp3) is 0.182. The van der Waals surface area contributed by atoms with Crippen molar-refractivity contribution in [3.8, 4) is 0 Å². The average Bonchev–Trinajstić information content (AvgIpc) is 2.10. The maximum Gasteiger partial charge on any atom is 0.351 e. The van der Waals surface area contributed by atoms with Gasteiger partial charge >= 0.3 is 5.97 Å². The van der Waals surface area contributed by atoms with E-state index < -0.39 is 11.8 Å². The molecule has 4 heteroatoms. The minimum Gasteiger partial charge on any atom is -0.477 e. The van der Waals surface area contributed by atoms with E-state index in [-0.39, 0.29) is 11.3 Å². The Hall–Kier alpha value is -1.84. The van der Waals surface area contributed by atoms with Gasteiger partial charge in [-0.15, -0.1) is 0 Å². The Morgan fingerprint density at radius 2 is 2.07 bits per heavy atom. The molecule has 1 rings (SSSR count). The maximum absolute atomic E-state index is 13.4. The molecule has 0 saturated heterocycles. The third-order valence-electron chi connectivity index (χ3n) is 2.03. The van der Waals surface area contributed by atoms with Crippen molar-refractivity contribution in [1.29, 1.82) is 0 Å². The number of halogens is 1. The van der Waals surface area contributed by atoms with Gasteiger partial charge in [0.1, 0.15) is 11.5 Å². The van der Waals surface area contributed by atoms with Crippen molar-refractivity contribution in [1.82, 2.24) is 0 Å². The molecule has 0 aromatic heterocycles. The quantitative estimate of drug-likeness (QED) is 0.730. The third kappa shape index (κ3) is 2.56. The highest BCUT2D eigenvalue weighted by Gasteiger charge is 2.07. The molecule has 0 aliphatic heterocycles. The smallest absolute Gasteiger partial charge is 0.351 e. The van der Waals surface area contributed by atoms with E-state index in [4.69, 9.17) is 10.8 Å². The second-order valence-corrected chi connectivity index (χ2v) is 3.38. The van der Waals surface area contributed by atoms with E-state index in [1.807, 2.05) is 0 Å². The van der Waals surface area contributed by atoms with E-state index in [9.17, 15) is 9.18 Å². The number of rotatable bonds is 2. The fourth-order valence-electron chi connectivity index (χ4n) is 1.33. The summed E-state index contributed by atoms with van der Waals surface area (Å²) in [6.07, 6.45) is 1.13. The molecule has 0 fully saturated rings. The van der Waals surface area contributed by atoms with Crippen LogP contribution in [-0.4, -0.2) is 11.1 Å². The van der Waals surface area contributed by atoms with Crippen LogP contribution in [0, 0.1) is 19.7 Å². The zero-order valence-corrected chi connectivity index (χ0v) is 8.54. The molecular weight excluding hydrogens is 197 g/mol. The first-order valence-corrected chi connectivity index (χ1v) is 4.39. The van der Waals surface area contributed by atoms with Gasteiger partial charge in [0, 0.05) is 5.56 Å². The monoisotopic (exact) mass is 209 g/mol. The number of carboxylic acid groups (broad SMARTS) is 1. The van der Waals surface area contributed by atoms with Gasteiger partial charge in [-0.25, -0.2) is 9.18 Å². The van der Waals surface area contributed by atoms with Crippen LogP contribution in [0.3, 0.4) is 0 Å². The second kappa shape index (κ2) is 4.13. The molecule has 0 amide bonds. The summed E-state index contributed by atoms with van der Waals surface area (Å²) in [7, 11) is 0. The number of aryl methyl sites for hydroxylation is 2. The van der Waals surface area contributed by atoms with Gasteiger partial charge in [0.2, 0.25) is 0 Å². The van der Waals surface area contributed by atoms with Gasteiger partial charge in [0.15, 0.2) is 0 Å². The molecule has 0 unspecified atom stereocenters. The van der Waals surface area contributed by atoms with Gasteiger partial charge in [0.25, 0.3) is 0 Å². The van der Waals surface area contributed by atoms with Gasteiger partial charge in [-0.1, -0.05) is 6.07 Å². The lowest BCUT2D eigenvalue weighted by atomic mass is 10.0. The molecule has 0 radical (unpaired) electrons. The molecular formula is C11H12FNO2. The van der Waals surface area contributed by atoms with Crippen LogP contribution in [0.25, 0.3) is 6.08 Å². The summed E-state index contributed by atoms with van der Waals surface area (Å²) in [5.41, 5.74) is 6.52. The number of benzene rings is 1. The van der Waals surface area contributed by atoms with E-state index in [1.54, 1.807) is 19.9 Å². The highest BCUT2D eigenvalue weighted by molar-refractivity contribution is 5.91. The normalized spacial score (nSPS) is 11.5. The second-order valence-electron chi connectivity index (χ2n) is 3.38. The largest absolute Gasteiger partial charge is 0.477 e.